The van der Waals surface area contributed by atoms with Gasteiger partial charge in [0.15, 0.2) is 0 Å². The summed E-state index contributed by atoms with van der Waals surface area (Å²) in [4.78, 5) is 24.8. The molecule has 0 aromatic rings. The van der Waals surface area contributed by atoms with Crippen LogP contribution in [0.3, 0.4) is 0 Å². The molecule has 0 radical (unpaired) electrons. The number of likely N-dealkylation sites (tertiary alicyclic amines) is 1. The second-order valence-corrected chi connectivity index (χ2v) is 5.57. The molecule has 0 bridgehead atoms. The summed E-state index contributed by atoms with van der Waals surface area (Å²) < 4.78 is 5.31. The van der Waals surface area contributed by atoms with E-state index in [-0.39, 0.29) is 24.0 Å². The van der Waals surface area contributed by atoms with Crippen LogP contribution in [0.5, 0.6) is 0 Å². The van der Waals surface area contributed by atoms with Crippen LogP contribution in [0.4, 0.5) is 4.79 Å². The van der Waals surface area contributed by atoms with E-state index < -0.39 is 5.60 Å². The van der Waals surface area contributed by atoms with Gasteiger partial charge in [-0.2, -0.15) is 0 Å². The van der Waals surface area contributed by atoms with Gasteiger partial charge in [0.25, 0.3) is 0 Å². The number of hydrogen-bond acceptors (Lipinski definition) is 3. The summed E-state index contributed by atoms with van der Waals surface area (Å²) in [7, 11) is 0. The van der Waals surface area contributed by atoms with Crippen LogP contribution in [0.2, 0.25) is 0 Å². The molecule has 1 heterocycles. The third kappa shape index (κ3) is 3.61. The Morgan fingerprint density at radius 3 is 2.41 bits per heavy atom. The summed E-state index contributed by atoms with van der Waals surface area (Å²) >= 11 is 0. The SMILES string of the molecule is C[C@@H]1[C@H](C(N)=O)CCCN1C(=O)OC(C)(C)C. The van der Waals surface area contributed by atoms with Gasteiger partial charge in [-0.3, -0.25) is 4.79 Å². The molecule has 1 saturated heterocycles. The maximum atomic E-state index is 11.9. The lowest BCUT2D eigenvalue weighted by Gasteiger charge is -2.38. The van der Waals surface area contributed by atoms with Crippen molar-refractivity contribution in [2.24, 2.45) is 11.7 Å². The van der Waals surface area contributed by atoms with Crippen molar-refractivity contribution >= 4 is 12.0 Å². The van der Waals surface area contributed by atoms with Crippen molar-refractivity contribution in [3.63, 3.8) is 0 Å². The second kappa shape index (κ2) is 4.94. The van der Waals surface area contributed by atoms with Crippen LogP contribution in [-0.4, -0.2) is 35.1 Å². The molecule has 0 saturated carbocycles. The molecule has 17 heavy (non-hydrogen) atoms. The molecule has 0 spiro atoms. The van der Waals surface area contributed by atoms with Crippen LogP contribution in [0.1, 0.15) is 40.5 Å². The number of carbonyl (C=O) groups excluding carboxylic acids is 2. The molecule has 0 aliphatic carbocycles. The molecule has 0 aromatic carbocycles. The van der Waals surface area contributed by atoms with Gasteiger partial charge in [-0.25, -0.2) is 4.79 Å². The smallest absolute Gasteiger partial charge is 0.410 e. The normalized spacial score (nSPS) is 25.5. The van der Waals surface area contributed by atoms with E-state index in [9.17, 15) is 9.59 Å². The summed E-state index contributed by atoms with van der Waals surface area (Å²) in [5.41, 5.74) is 4.81. The van der Waals surface area contributed by atoms with Gasteiger partial charge >= 0.3 is 6.09 Å². The van der Waals surface area contributed by atoms with E-state index in [4.69, 9.17) is 10.5 Å². The highest BCUT2D eigenvalue weighted by Crippen LogP contribution is 2.25. The van der Waals surface area contributed by atoms with E-state index in [0.717, 1.165) is 12.8 Å². The van der Waals surface area contributed by atoms with E-state index in [1.54, 1.807) is 4.90 Å². The number of nitrogens with two attached hydrogens (primary N) is 1. The number of carbonyl (C=O) groups is 2. The molecule has 0 unspecified atom stereocenters. The standard InChI is InChI=1S/C12H22N2O3/c1-8-9(10(13)15)6-5-7-14(8)11(16)17-12(2,3)4/h8-9H,5-7H2,1-4H3,(H2,13,15)/t8-,9-/m1/s1. The Balaban J connectivity index is 2.70. The Hall–Kier alpha value is -1.26. The van der Waals surface area contributed by atoms with Gasteiger partial charge in [0.1, 0.15) is 5.60 Å². The lowest BCUT2D eigenvalue weighted by molar-refractivity contribution is -0.125. The number of primary amides is 1. The lowest BCUT2D eigenvalue weighted by Crippen LogP contribution is -2.51. The van der Waals surface area contributed by atoms with E-state index in [2.05, 4.69) is 0 Å². The average molecular weight is 242 g/mol. The third-order valence-corrected chi connectivity index (χ3v) is 2.98. The van der Waals surface area contributed by atoms with Gasteiger partial charge in [0, 0.05) is 12.6 Å². The van der Waals surface area contributed by atoms with Crippen molar-refractivity contribution < 1.29 is 14.3 Å². The van der Waals surface area contributed by atoms with Crippen LogP contribution in [0.15, 0.2) is 0 Å². The molecular formula is C12H22N2O3. The first-order chi connectivity index (χ1) is 7.72. The molecule has 5 heteroatoms. The van der Waals surface area contributed by atoms with Crippen LogP contribution in [0, 0.1) is 5.92 Å². The maximum Gasteiger partial charge on any atom is 0.410 e. The average Bonchev–Trinajstić information content (AvgIpc) is 2.14. The minimum atomic E-state index is -0.517. The van der Waals surface area contributed by atoms with Crippen molar-refractivity contribution in [2.45, 2.75) is 52.2 Å². The van der Waals surface area contributed by atoms with Crippen molar-refractivity contribution in [1.29, 1.82) is 0 Å². The molecule has 98 valence electrons. The van der Waals surface area contributed by atoms with E-state index in [1.165, 1.54) is 0 Å². The van der Waals surface area contributed by atoms with Crippen molar-refractivity contribution in [2.75, 3.05) is 6.54 Å². The quantitative estimate of drug-likeness (QED) is 0.757. The number of nitrogens with zero attached hydrogens (tertiary/aromatic N) is 1. The summed E-state index contributed by atoms with van der Waals surface area (Å²) in [6.07, 6.45) is 1.17. The fourth-order valence-corrected chi connectivity index (χ4v) is 2.10. The van der Waals surface area contributed by atoms with Gasteiger partial charge in [0.2, 0.25) is 5.91 Å². The van der Waals surface area contributed by atoms with Crippen LogP contribution in [0.25, 0.3) is 0 Å². The Labute approximate surface area is 102 Å². The lowest BCUT2D eigenvalue weighted by atomic mass is 9.90. The number of piperidine rings is 1. The molecule has 1 rings (SSSR count). The molecule has 0 aromatic heterocycles. The van der Waals surface area contributed by atoms with E-state index in [1.807, 2.05) is 27.7 Å². The fraction of sp³-hybridized carbons (Fsp3) is 0.833. The zero-order valence-electron chi connectivity index (χ0n) is 11.0. The monoisotopic (exact) mass is 242 g/mol. The number of hydrogen-bond donors (Lipinski definition) is 1. The molecule has 1 fully saturated rings. The highest BCUT2D eigenvalue weighted by Gasteiger charge is 2.36. The Kier molecular flexibility index (Phi) is 4.01. The largest absolute Gasteiger partial charge is 0.444 e. The minimum absolute atomic E-state index is 0.184. The topological polar surface area (TPSA) is 72.6 Å². The van der Waals surface area contributed by atoms with Gasteiger partial charge < -0.3 is 15.4 Å². The molecule has 2 amide bonds. The predicted molar refractivity (Wildman–Crippen MR) is 64.3 cm³/mol. The van der Waals surface area contributed by atoms with Crippen LogP contribution >= 0.6 is 0 Å². The Morgan fingerprint density at radius 1 is 1.35 bits per heavy atom. The maximum absolute atomic E-state index is 11.9. The van der Waals surface area contributed by atoms with Crippen molar-refractivity contribution in [3.8, 4) is 0 Å². The zero-order valence-corrected chi connectivity index (χ0v) is 11.0. The molecule has 1 aliphatic heterocycles. The molecule has 5 nitrogen and oxygen atoms in total. The first-order valence-corrected chi connectivity index (χ1v) is 6.01. The fourth-order valence-electron chi connectivity index (χ4n) is 2.10. The van der Waals surface area contributed by atoms with Gasteiger partial charge in [-0.05, 0) is 40.5 Å². The first kappa shape index (κ1) is 13.8. The zero-order chi connectivity index (χ0) is 13.2. The molecule has 1 aliphatic rings. The molecule has 2 atom stereocenters. The highest BCUT2D eigenvalue weighted by atomic mass is 16.6. The molecule has 2 N–H and O–H groups in total. The number of rotatable bonds is 1. The Bertz CT molecular complexity index is 309. The third-order valence-electron chi connectivity index (χ3n) is 2.98. The van der Waals surface area contributed by atoms with Gasteiger partial charge in [0.05, 0.1) is 5.92 Å². The van der Waals surface area contributed by atoms with E-state index in [0.29, 0.717) is 6.54 Å². The number of ether oxygens (including phenoxy) is 1. The van der Waals surface area contributed by atoms with Crippen molar-refractivity contribution in [1.82, 2.24) is 4.90 Å². The van der Waals surface area contributed by atoms with Gasteiger partial charge in [-0.15, -0.1) is 0 Å². The second-order valence-electron chi connectivity index (χ2n) is 5.57. The first-order valence-electron chi connectivity index (χ1n) is 6.01. The van der Waals surface area contributed by atoms with Crippen LogP contribution in [-0.2, 0) is 9.53 Å². The summed E-state index contributed by atoms with van der Waals surface area (Å²) in [5, 5.41) is 0. The highest BCUT2D eigenvalue weighted by molar-refractivity contribution is 5.79. The number of amides is 2. The Morgan fingerprint density at radius 2 is 1.94 bits per heavy atom. The van der Waals surface area contributed by atoms with Crippen molar-refractivity contribution in [3.05, 3.63) is 0 Å². The summed E-state index contributed by atoms with van der Waals surface area (Å²) in [6, 6.07) is -0.184. The van der Waals surface area contributed by atoms with E-state index >= 15 is 0 Å². The molecular weight excluding hydrogens is 220 g/mol. The van der Waals surface area contributed by atoms with Crippen LogP contribution < -0.4 is 5.73 Å². The predicted octanol–water partition coefficient (Wildman–Crippen LogP) is 1.51. The summed E-state index contributed by atoms with van der Waals surface area (Å²) in [5.74, 6) is -0.609. The summed E-state index contributed by atoms with van der Waals surface area (Å²) in [6.45, 7) is 7.94. The van der Waals surface area contributed by atoms with Gasteiger partial charge in [-0.1, -0.05) is 0 Å². The minimum Gasteiger partial charge on any atom is -0.444 e.